The zero-order valence-electron chi connectivity index (χ0n) is 14.4. The second-order valence-electron chi connectivity index (χ2n) is 6.25. The van der Waals surface area contributed by atoms with Gasteiger partial charge in [0.1, 0.15) is 17.6 Å². The molecule has 0 amide bonds. The van der Waals surface area contributed by atoms with E-state index >= 15 is 0 Å². The SMILES string of the molecule is CC(O)(C#CC1=C[N+]2(N)N=C(c3ccco3)N=C2C=N1)c1ccc(O)cc1. The third-order valence-electron chi connectivity index (χ3n) is 4.09. The predicted octanol–water partition coefficient (Wildman–Crippen LogP) is 1.59. The number of phenols is 1. The van der Waals surface area contributed by atoms with Gasteiger partial charge in [0.2, 0.25) is 0 Å². The molecule has 4 rings (SSSR count). The van der Waals surface area contributed by atoms with Gasteiger partial charge in [-0.25, -0.2) is 4.99 Å². The van der Waals surface area contributed by atoms with Crippen LogP contribution >= 0.6 is 0 Å². The molecule has 2 aromatic rings. The lowest BCUT2D eigenvalue weighted by atomic mass is 9.96. The summed E-state index contributed by atoms with van der Waals surface area (Å²) in [5.41, 5.74) is -0.530. The number of hydrogen-bond donors (Lipinski definition) is 3. The van der Waals surface area contributed by atoms with E-state index in [-0.39, 0.29) is 5.75 Å². The Hall–Kier alpha value is -3.51. The van der Waals surface area contributed by atoms with Crippen molar-refractivity contribution in [2.45, 2.75) is 12.5 Å². The number of nitrogens with zero attached hydrogens (tertiary/aromatic N) is 4. The maximum Gasteiger partial charge on any atom is 0.300 e. The molecule has 0 bridgehead atoms. The lowest BCUT2D eigenvalue weighted by Gasteiger charge is -2.19. The zero-order chi connectivity index (χ0) is 19.1. The Bertz CT molecular complexity index is 1070. The largest absolute Gasteiger partial charge is 0.508 e. The molecule has 8 nitrogen and oxygen atoms in total. The van der Waals surface area contributed by atoms with Gasteiger partial charge in [-0.3, -0.25) is 0 Å². The van der Waals surface area contributed by atoms with Crippen LogP contribution < -0.4 is 5.84 Å². The van der Waals surface area contributed by atoms with Crippen LogP contribution in [0.5, 0.6) is 5.75 Å². The maximum atomic E-state index is 10.6. The van der Waals surface area contributed by atoms with Gasteiger partial charge in [0, 0.05) is 0 Å². The van der Waals surface area contributed by atoms with E-state index in [1.807, 2.05) is 0 Å². The molecule has 3 heterocycles. The molecule has 1 aromatic heterocycles. The summed E-state index contributed by atoms with van der Waals surface area (Å²) >= 11 is 0. The van der Waals surface area contributed by atoms with E-state index in [0.29, 0.717) is 28.7 Å². The van der Waals surface area contributed by atoms with Crippen LogP contribution in [-0.2, 0) is 5.60 Å². The highest BCUT2D eigenvalue weighted by Gasteiger charge is 2.39. The molecule has 27 heavy (non-hydrogen) atoms. The normalized spacial score (nSPS) is 22.7. The number of benzene rings is 1. The molecule has 2 unspecified atom stereocenters. The Labute approximate surface area is 154 Å². The van der Waals surface area contributed by atoms with Gasteiger partial charge in [-0.05, 0) is 52.5 Å². The first kappa shape index (κ1) is 16.9. The number of furan rings is 1. The van der Waals surface area contributed by atoms with Gasteiger partial charge in [-0.2, -0.15) is 4.99 Å². The van der Waals surface area contributed by atoms with E-state index in [4.69, 9.17) is 10.3 Å². The molecule has 0 aliphatic carbocycles. The molecular weight excluding hydrogens is 346 g/mol. The summed E-state index contributed by atoms with van der Waals surface area (Å²) in [4.78, 5) is 8.55. The number of rotatable bonds is 2. The van der Waals surface area contributed by atoms with Gasteiger partial charge in [-0.1, -0.05) is 18.1 Å². The first-order chi connectivity index (χ1) is 12.9. The van der Waals surface area contributed by atoms with Crippen LogP contribution in [0.15, 0.2) is 74.1 Å². The minimum atomic E-state index is -1.43. The number of amidine groups is 2. The van der Waals surface area contributed by atoms with Crippen LogP contribution in [0.25, 0.3) is 0 Å². The fraction of sp³-hybridized carbons (Fsp3) is 0.105. The number of phenolic OH excluding ortho intramolecular Hbond substituents is 1. The first-order valence-electron chi connectivity index (χ1n) is 8.08. The second-order valence-corrected chi connectivity index (χ2v) is 6.25. The molecule has 0 saturated carbocycles. The quantitative estimate of drug-likeness (QED) is 0.427. The molecule has 134 valence electrons. The third-order valence-corrected chi connectivity index (χ3v) is 4.09. The van der Waals surface area contributed by atoms with E-state index in [1.54, 1.807) is 31.2 Å². The maximum absolute atomic E-state index is 10.6. The number of allylic oxidation sites excluding steroid dienone is 1. The fourth-order valence-electron chi connectivity index (χ4n) is 2.60. The minimum absolute atomic E-state index is 0.114. The zero-order valence-corrected chi connectivity index (χ0v) is 14.4. The molecule has 2 atom stereocenters. The van der Waals surface area contributed by atoms with Crippen LogP contribution in [0, 0.1) is 11.8 Å². The van der Waals surface area contributed by atoms with Crippen molar-refractivity contribution in [3.63, 3.8) is 0 Å². The number of nitrogens with two attached hydrogens (primary N) is 1. The third kappa shape index (κ3) is 3.18. The average molecular weight is 362 g/mol. The summed E-state index contributed by atoms with van der Waals surface area (Å²) in [7, 11) is 0. The highest BCUT2D eigenvalue weighted by molar-refractivity contribution is 6.31. The van der Waals surface area contributed by atoms with Crippen molar-refractivity contribution in [1.29, 1.82) is 0 Å². The van der Waals surface area contributed by atoms with Crippen LogP contribution in [0.4, 0.5) is 0 Å². The Kier molecular flexibility index (Phi) is 3.78. The molecule has 2 aliphatic heterocycles. The van der Waals surface area contributed by atoms with Crippen LogP contribution in [0.2, 0.25) is 0 Å². The number of fused-ring (bicyclic) bond motifs is 1. The summed E-state index contributed by atoms with van der Waals surface area (Å²) in [5.74, 6) is 13.3. The summed E-state index contributed by atoms with van der Waals surface area (Å²) in [5, 5.41) is 24.3. The smallest absolute Gasteiger partial charge is 0.300 e. The monoisotopic (exact) mass is 362 g/mol. The molecule has 8 heteroatoms. The molecule has 1 aromatic carbocycles. The van der Waals surface area contributed by atoms with Crippen molar-refractivity contribution in [2.75, 3.05) is 0 Å². The average Bonchev–Trinajstić information content (AvgIpc) is 3.27. The van der Waals surface area contributed by atoms with Crippen LogP contribution in [0.1, 0.15) is 18.2 Å². The van der Waals surface area contributed by atoms with Gasteiger partial charge in [-0.15, -0.1) is 5.84 Å². The number of aromatic hydroxyl groups is 1. The minimum Gasteiger partial charge on any atom is -0.508 e. The van der Waals surface area contributed by atoms with Gasteiger partial charge < -0.3 is 14.6 Å². The van der Waals surface area contributed by atoms with Crippen molar-refractivity contribution < 1.29 is 19.3 Å². The summed E-state index contributed by atoms with van der Waals surface area (Å²) < 4.78 is 4.87. The summed E-state index contributed by atoms with van der Waals surface area (Å²) in [6.45, 7) is 1.56. The Balaban J connectivity index is 1.62. The van der Waals surface area contributed by atoms with Crippen molar-refractivity contribution >= 4 is 17.9 Å². The molecule has 0 fully saturated rings. The van der Waals surface area contributed by atoms with Crippen molar-refractivity contribution in [2.24, 2.45) is 20.9 Å². The Morgan fingerprint density at radius 1 is 1.22 bits per heavy atom. The van der Waals surface area contributed by atoms with Gasteiger partial charge in [0.25, 0.3) is 11.7 Å². The topological polar surface area (TPSA) is 117 Å². The molecular formula is C19H16N5O3+. The van der Waals surface area contributed by atoms with Crippen LogP contribution in [-0.4, -0.2) is 32.8 Å². The van der Waals surface area contributed by atoms with Crippen molar-refractivity contribution in [3.05, 3.63) is 65.9 Å². The molecule has 0 radical (unpaired) electrons. The number of aliphatic imine (C=N–C) groups is 2. The number of aliphatic hydroxyl groups is 1. The fourth-order valence-corrected chi connectivity index (χ4v) is 2.60. The van der Waals surface area contributed by atoms with E-state index in [9.17, 15) is 10.2 Å². The molecule has 4 N–H and O–H groups in total. The van der Waals surface area contributed by atoms with Crippen molar-refractivity contribution in [1.82, 2.24) is 0 Å². The predicted molar refractivity (Wildman–Crippen MR) is 99.2 cm³/mol. The van der Waals surface area contributed by atoms with E-state index in [1.165, 1.54) is 30.8 Å². The van der Waals surface area contributed by atoms with Gasteiger partial charge in [0.05, 0.1) is 6.26 Å². The molecule has 0 saturated heterocycles. The lowest BCUT2D eigenvalue weighted by molar-refractivity contribution is -0.803. The number of quaternary nitrogens is 1. The van der Waals surface area contributed by atoms with E-state index in [0.717, 1.165) is 0 Å². The number of hydrogen-bond acceptors (Lipinski definition) is 7. The molecule has 2 aliphatic rings. The Morgan fingerprint density at radius 2 is 2.00 bits per heavy atom. The lowest BCUT2D eigenvalue weighted by Crippen LogP contribution is -2.50. The summed E-state index contributed by atoms with van der Waals surface area (Å²) in [6.07, 6.45) is 4.55. The molecule has 0 spiro atoms. The van der Waals surface area contributed by atoms with E-state index < -0.39 is 10.3 Å². The second kappa shape index (κ2) is 6.03. The van der Waals surface area contributed by atoms with Gasteiger partial charge >= 0.3 is 0 Å². The highest BCUT2D eigenvalue weighted by atomic mass is 16.3. The van der Waals surface area contributed by atoms with Crippen molar-refractivity contribution in [3.8, 4) is 17.6 Å². The highest BCUT2D eigenvalue weighted by Crippen LogP contribution is 2.24. The van der Waals surface area contributed by atoms with E-state index in [2.05, 4.69) is 26.9 Å². The Morgan fingerprint density at radius 3 is 2.70 bits per heavy atom. The van der Waals surface area contributed by atoms with Gasteiger partial charge in [0.15, 0.2) is 17.7 Å². The standard InChI is InChI=1S/C19H15N5O3/c1-19(26,13-4-6-15(25)7-5-13)9-8-14-12-24(20)17(11-21-14)22-18(23-24)16-3-2-10-27-16/h2-7,10-12,26H,20H2,1H3/p+1. The van der Waals surface area contributed by atoms with Crippen LogP contribution in [0.3, 0.4) is 0 Å². The first-order valence-corrected chi connectivity index (χ1v) is 8.08. The summed E-state index contributed by atoms with van der Waals surface area (Å²) in [6, 6.07) is 9.66.